The van der Waals surface area contributed by atoms with Crippen molar-refractivity contribution in [2.45, 2.75) is 6.92 Å². The summed E-state index contributed by atoms with van der Waals surface area (Å²) in [6.45, 7) is 2.79. The van der Waals surface area contributed by atoms with Crippen molar-refractivity contribution in [3.05, 3.63) is 78.4 Å². The Morgan fingerprint density at radius 1 is 0.914 bits per heavy atom. The van der Waals surface area contributed by atoms with Crippen LogP contribution in [-0.2, 0) is 4.74 Å². The van der Waals surface area contributed by atoms with Crippen LogP contribution in [-0.4, -0.2) is 48.2 Å². The summed E-state index contributed by atoms with van der Waals surface area (Å²) in [7, 11) is 3.20. The Balaban J connectivity index is 1.57. The summed E-state index contributed by atoms with van der Waals surface area (Å²) in [5, 5.41) is 10.2. The van der Waals surface area contributed by atoms with Crippen molar-refractivity contribution in [2.24, 2.45) is 0 Å². The molecule has 2 N–H and O–H groups in total. The van der Waals surface area contributed by atoms with Crippen LogP contribution in [0.25, 0.3) is 17.1 Å². The van der Waals surface area contributed by atoms with Gasteiger partial charge in [0.2, 0.25) is 0 Å². The van der Waals surface area contributed by atoms with Gasteiger partial charge < -0.3 is 24.8 Å². The van der Waals surface area contributed by atoms with Gasteiger partial charge in [-0.25, -0.2) is 9.48 Å². The number of aromatic nitrogens is 3. The molecule has 2 amide bonds. The van der Waals surface area contributed by atoms with Gasteiger partial charge in [0.15, 0.2) is 5.82 Å². The molecule has 4 rings (SSSR count). The van der Waals surface area contributed by atoms with Crippen molar-refractivity contribution >= 4 is 17.4 Å². The average molecular weight is 474 g/mol. The molecule has 0 aliphatic carbocycles. The number of aryl methyl sites for hydroxylation is 1. The fraction of sp³-hybridized carbons (Fsp3) is 0.192. The number of benzene rings is 3. The molecule has 0 unspecified atom stereocenters. The van der Waals surface area contributed by atoms with Crippen molar-refractivity contribution in [1.82, 2.24) is 14.8 Å². The molecule has 9 heteroatoms. The van der Waals surface area contributed by atoms with E-state index in [0.29, 0.717) is 36.2 Å². The van der Waals surface area contributed by atoms with E-state index >= 15 is 0 Å². The van der Waals surface area contributed by atoms with E-state index in [1.54, 1.807) is 49.2 Å². The molecule has 1 heterocycles. The van der Waals surface area contributed by atoms with Gasteiger partial charge in [0.05, 0.1) is 19.4 Å². The fourth-order valence-electron chi connectivity index (χ4n) is 3.32. The molecular formula is C26H27N5O4. The molecule has 0 bridgehead atoms. The minimum Gasteiger partial charge on any atom is -0.497 e. The van der Waals surface area contributed by atoms with E-state index in [1.165, 1.54) is 0 Å². The number of carbonyl (C=O) groups is 1. The monoisotopic (exact) mass is 473 g/mol. The van der Waals surface area contributed by atoms with E-state index in [4.69, 9.17) is 14.2 Å². The summed E-state index contributed by atoms with van der Waals surface area (Å²) >= 11 is 0. The van der Waals surface area contributed by atoms with E-state index in [2.05, 4.69) is 20.7 Å². The first-order valence-corrected chi connectivity index (χ1v) is 11.0. The number of hydrogen-bond acceptors (Lipinski definition) is 6. The number of nitrogens with one attached hydrogen (secondary N) is 2. The second kappa shape index (κ2) is 11.2. The van der Waals surface area contributed by atoms with Gasteiger partial charge in [0, 0.05) is 24.0 Å². The van der Waals surface area contributed by atoms with Gasteiger partial charge in [-0.1, -0.05) is 35.9 Å². The Hall–Kier alpha value is -4.37. The van der Waals surface area contributed by atoms with Crippen LogP contribution < -0.4 is 20.1 Å². The zero-order valence-electron chi connectivity index (χ0n) is 19.8. The molecule has 0 radical (unpaired) electrons. The summed E-state index contributed by atoms with van der Waals surface area (Å²) in [6, 6.07) is 22.3. The van der Waals surface area contributed by atoms with Gasteiger partial charge in [-0.05, 0) is 49.4 Å². The lowest BCUT2D eigenvalue weighted by Gasteiger charge is -2.11. The Kier molecular flexibility index (Phi) is 7.59. The predicted molar refractivity (Wildman–Crippen MR) is 135 cm³/mol. The van der Waals surface area contributed by atoms with Crippen LogP contribution in [0.2, 0.25) is 0 Å². The van der Waals surface area contributed by atoms with Crippen molar-refractivity contribution in [3.8, 4) is 28.8 Å². The smallest absolute Gasteiger partial charge is 0.336 e. The number of carbonyl (C=O) groups excluding carboxylic acids is 1. The molecule has 35 heavy (non-hydrogen) atoms. The van der Waals surface area contributed by atoms with Crippen molar-refractivity contribution in [1.29, 1.82) is 0 Å². The normalized spacial score (nSPS) is 10.6. The van der Waals surface area contributed by atoms with Crippen molar-refractivity contribution < 1.29 is 19.0 Å². The van der Waals surface area contributed by atoms with Gasteiger partial charge in [0.25, 0.3) is 0 Å². The number of urea groups is 1. The van der Waals surface area contributed by atoms with Gasteiger partial charge in [-0.3, -0.25) is 0 Å². The molecule has 0 saturated heterocycles. The molecule has 0 aliphatic rings. The molecule has 0 saturated carbocycles. The molecule has 0 fully saturated rings. The minimum atomic E-state index is -0.367. The van der Waals surface area contributed by atoms with Crippen LogP contribution in [0.3, 0.4) is 0 Å². The lowest BCUT2D eigenvalue weighted by molar-refractivity contribution is 0.141. The van der Waals surface area contributed by atoms with E-state index in [0.717, 1.165) is 16.8 Å². The maximum absolute atomic E-state index is 12.5. The van der Waals surface area contributed by atoms with Crippen LogP contribution in [0.4, 0.5) is 16.2 Å². The Morgan fingerprint density at radius 3 is 2.37 bits per heavy atom. The molecule has 3 aromatic carbocycles. The molecular weight excluding hydrogens is 446 g/mol. The summed E-state index contributed by atoms with van der Waals surface area (Å²) in [6.07, 6.45) is 0. The Bertz CT molecular complexity index is 1270. The van der Waals surface area contributed by atoms with Crippen LogP contribution in [0.5, 0.6) is 11.8 Å². The maximum atomic E-state index is 12.5. The van der Waals surface area contributed by atoms with Gasteiger partial charge in [-0.2, -0.15) is 4.98 Å². The van der Waals surface area contributed by atoms with Crippen LogP contribution in [0.1, 0.15) is 5.56 Å². The van der Waals surface area contributed by atoms with Crippen LogP contribution in [0.15, 0.2) is 72.8 Å². The fourth-order valence-corrected chi connectivity index (χ4v) is 3.32. The van der Waals surface area contributed by atoms with Crippen molar-refractivity contribution in [3.63, 3.8) is 0 Å². The van der Waals surface area contributed by atoms with E-state index in [9.17, 15) is 4.79 Å². The summed E-state index contributed by atoms with van der Waals surface area (Å²) in [5.41, 5.74) is 4.00. The van der Waals surface area contributed by atoms with E-state index in [1.807, 2.05) is 49.4 Å². The standard InChI is InChI=1S/C26H27N5O4/c1-18-7-9-19(10-8-18)24-29-26(35-16-15-33-2)30-31(24)22-6-4-5-21(17-22)28-25(32)27-20-11-13-23(34-3)14-12-20/h4-14,17H,15-16H2,1-3H3,(H2,27,28,32). The summed E-state index contributed by atoms with van der Waals surface area (Å²) < 4.78 is 17.5. The minimum absolute atomic E-state index is 0.244. The SMILES string of the molecule is COCCOc1nc(-c2ccc(C)cc2)n(-c2cccc(NC(=O)Nc3ccc(OC)cc3)c2)n1. The molecule has 0 spiro atoms. The topological polar surface area (TPSA) is 99.5 Å². The van der Waals surface area contributed by atoms with E-state index < -0.39 is 0 Å². The number of nitrogens with zero attached hydrogens (tertiary/aromatic N) is 3. The highest BCUT2D eigenvalue weighted by Gasteiger charge is 2.15. The largest absolute Gasteiger partial charge is 0.497 e. The second-order valence-electron chi connectivity index (χ2n) is 7.70. The predicted octanol–water partition coefficient (Wildman–Crippen LogP) is 4.92. The third-order valence-corrected chi connectivity index (χ3v) is 5.11. The lowest BCUT2D eigenvalue weighted by atomic mass is 10.1. The number of rotatable bonds is 9. The zero-order valence-corrected chi connectivity index (χ0v) is 19.8. The summed E-state index contributed by atoms with van der Waals surface area (Å²) in [4.78, 5) is 17.1. The quantitative estimate of drug-likeness (QED) is 0.335. The highest BCUT2D eigenvalue weighted by molar-refractivity contribution is 5.99. The highest BCUT2D eigenvalue weighted by atomic mass is 16.5. The third-order valence-electron chi connectivity index (χ3n) is 5.11. The third kappa shape index (κ3) is 6.15. The van der Waals surface area contributed by atoms with Gasteiger partial charge in [-0.15, -0.1) is 5.10 Å². The van der Waals surface area contributed by atoms with Crippen molar-refractivity contribution in [2.75, 3.05) is 38.1 Å². The number of ether oxygens (including phenoxy) is 3. The maximum Gasteiger partial charge on any atom is 0.336 e. The highest BCUT2D eigenvalue weighted by Crippen LogP contribution is 2.25. The first kappa shape index (κ1) is 23.8. The Labute approximate surface area is 203 Å². The van der Waals surface area contributed by atoms with Gasteiger partial charge >= 0.3 is 12.0 Å². The molecule has 0 atom stereocenters. The number of methoxy groups -OCH3 is 2. The number of anilines is 2. The van der Waals surface area contributed by atoms with Crippen LogP contribution >= 0.6 is 0 Å². The van der Waals surface area contributed by atoms with Gasteiger partial charge in [0.1, 0.15) is 12.4 Å². The van der Waals surface area contributed by atoms with E-state index in [-0.39, 0.29) is 12.0 Å². The molecule has 180 valence electrons. The molecule has 4 aromatic rings. The summed E-state index contributed by atoms with van der Waals surface area (Å²) in [5.74, 6) is 1.34. The number of amides is 2. The zero-order chi connectivity index (χ0) is 24.6. The average Bonchev–Trinajstić information content (AvgIpc) is 3.29. The Morgan fingerprint density at radius 2 is 1.66 bits per heavy atom. The van der Waals surface area contributed by atoms with Crippen LogP contribution in [0, 0.1) is 6.92 Å². The first-order valence-electron chi connectivity index (χ1n) is 11.0. The molecule has 0 aliphatic heterocycles. The second-order valence-corrected chi connectivity index (χ2v) is 7.70. The molecule has 1 aromatic heterocycles. The number of hydrogen-bond donors (Lipinski definition) is 2. The lowest BCUT2D eigenvalue weighted by Crippen LogP contribution is -2.19. The first-order chi connectivity index (χ1) is 17.1. The molecule has 9 nitrogen and oxygen atoms in total.